The predicted molar refractivity (Wildman–Crippen MR) is 102 cm³/mol. The molecule has 0 unspecified atom stereocenters. The number of nitrogens with zero attached hydrogens (tertiary/aromatic N) is 2. The minimum Gasteiger partial charge on any atom is -0.481 e. The van der Waals surface area contributed by atoms with Gasteiger partial charge in [0.05, 0.1) is 4.90 Å². The lowest BCUT2D eigenvalue weighted by Crippen LogP contribution is -2.50. The van der Waals surface area contributed by atoms with Crippen LogP contribution >= 0.6 is 0 Å². The number of aliphatic carboxylic acids is 1. The zero-order chi connectivity index (χ0) is 19.5. The highest BCUT2D eigenvalue weighted by molar-refractivity contribution is 7.89. The van der Waals surface area contributed by atoms with Crippen molar-refractivity contribution in [2.75, 3.05) is 27.2 Å². The van der Waals surface area contributed by atoms with Crippen molar-refractivity contribution >= 4 is 16.0 Å². The van der Waals surface area contributed by atoms with Crippen molar-refractivity contribution in [2.24, 2.45) is 5.92 Å². The zero-order valence-electron chi connectivity index (χ0n) is 16.1. The smallest absolute Gasteiger partial charge is 0.303 e. The monoisotopic (exact) mass is 382 g/mol. The van der Waals surface area contributed by atoms with E-state index in [1.54, 1.807) is 12.1 Å². The second kappa shape index (κ2) is 8.50. The largest absolute Gasteiger partial charge is 0.481 e. The molecule has 1 aliphatic rings. The van der Waals surface area contributed by atoms with E-state index < -0.39 is 16.0 Å². The van der Waals surface area contributed by atoms with E-state index in [0.717, 1.165) is 5.56 Å². The van der Waals surface area contributed by atoms with E-state index in [9.17, 15) is 13.2 Å². The Kier molecular flexibility index (Phi) is 6.82. The molecule has 26 heavy (non-hydrogen) atoms. The summed E-state index contributed by atoms with van der Waals surface area (Å²) in [5.74, 6) is -0.477. The molecule has 0 bridgehead atoms. The van der Waals surface area contributed by atoms with E-state index in [2.05, 4.69) is 18.7 Å². The molecule has 1 aromatic rings. The first-order chi connectivity index (χ1) is 12.1. The number of carboxylic acid groups (broad SMARTS) is 1. The molecule has 0 aliphatic carbocycles. The molecule has 0 aromatic heterocycles. The molecule has 6 nitrogen and oxygen atoms in total. The van der Waals surface area contributed by atoms with Gasteiger partial charge in [0, 0.05) is 25.6 Å². The third-order valence-electron chi connectivity index (χ3n) is 5.23. The Morgan fingerprint density at radius 1 is 1.27 bits per heavy atom. The van der Waals surface area contributed by atoms with Gasteiger partial charge in [-0.1, -0.05) is 26.0 Å². The van der Waals surface area contributed by atoms with E-state index >= 15 is 0 Å². The lowest BCUT2D eigenvalue weighted by molar-refractivity contribution is -0.137. The first kappa shape index (κ1) is 20.9. The Morgan fingerprint density at radius 3 is 2.38 bits per heavy atom. The maximum Gasteiger partial charge on any atom is 0.303 e. The van der Waals surface area contributed by atoms with Crippen molar-refractivity contribution in [3.05, 3.63) is 29.8 Å². The van der Waals surface area contributed by atoms with E-state index in [4.69, 9.17) is 5.11 Å². The molecule has 2 rings (SSSR count). The third kappa shape index (κ3) is 4.84. The Balaban J connectivity index is 2.19. The maximum absolute atomic E-state index is 13.0. The van der Waals surface area contributed by atoms with Gasteiger partial charge in [0.1, 0.15) is 0 Å². The Morgan fingerprint density at radius 2 is 1.88 bits per heavy atom. The van der Waals surface area contributed by atoms with Crippen LogP contribution in [-0.2, 0) is 14.8 Å². The number of carboxylic acids is 1. The van der Waals surface area contributed by atoms with Gasteiger partial charge in [-0.15, -0.1) is 0 Å². The number of carbonyl (C=O) groups is 1. The maximum atomic E-state index is 13.0. The molecule has 1 heterocycles. The molecule has 0 spiro atoms. The summed E-state index contributed by atoms with van der Waals surface area (Å²) >= 11 is 0. The van der Waals surface area contributed by atoms with Crippen LogP contribution in [0.25, 0.3) is 0 Å². The van der Waals surface area contributed by atoms with Crippen LogP contribution in [0.5, 0.6) is 0 Å². The van der Waals surface area contributed by atoms with E-state index in [1.165, 1.54) is 4.31 Å². The summed E-state index contributed by atoms with van der Waals surface area (Å²) in [7, 11) is 0.373. The van der Waals surface area contributed by atoms with Crippen LogP contribution in [0.15, 0.2) is 29.2 Å². The van der Waals surface area contributed by atoms with Crippen molar-refractivity contribution in [1.82, 2.24) is 9.21 Å². The van der Waals surface area contributed by atoms with Gasteiger partial charge in [-0.05, 0) is 56.5 Å². The zero-order valence-corrected chi connectivity index (χ0v) is 16.9. The summed E-state index contributed by atoms with van der Waals surface area (Å²) in [5, 5.41) is 9.00. The fraction of sp³-hybridized carbons (Fsp3) is 0.632. The van der Waals surface area contributed by atoms with Gasteiger partial charge in [0.25, 0.3) is 0 Å². The third-order valence-corrected chi connectivity index (χ3v) is 7.11. The molecule has 1 fully saturated rings. The fourth-order valence-electron chi connectivity index (χ4n) is 3.65. The molecular weight excluding hydrogens is 352 g/mol. The number of hydrogen-bond donors (Lipinski definition) is 1. The van der Waals surface area contributed by atoms with Crippen molar-refractivity contribution in [3.8, 4) is 0 Å². The van der Waals surface area contributed by atoms with Gasteiger partial charge in [0.15, 0.2) is 0 Å². The first-order valence-corrected chi connectivity index (χ1v) is 10.5. The Bertz CT molecular complexity index is 714. The number of benzene rings is 1. The second-order valence-electron chi connectivity index (χ2n) is 7.60. The minimum absolute atomic E-state index is 0.0135. The lowest BCUT2D eigenvalue weighted by atomic mass is 9.88. The van der Waals surface area contributed by atoms with Crippen molar-refractivity contribution in [3.63, 3.8) is 0 Å². The summed E-state index contributed by atoms with van der Waals surface area (Å²) in [6.07, 6.45) is 1.25. The average Bonchev–Trinajstić information content (AvgIpc) is 2.59. The van der Waals surface area contributed by atoms with Gasteiger partial charge in [-0.25, -0.2) is 8.42 Å². The molecule has 1 saturated heterocycles. The molecule has 0 radical (unpaired) electrons. The lowest BCUT2D eigenvalue weighted by Gasteiger charge is -2.41. The predicted octanol–water partition coefficient (Wildman–Crippen LogP) is 2.62. The van der Waals surface area contributed by atoms with Gasteiger partial charge in [-0.2, -0.15) is 4.31 Å². The summed E-state index contributed by atoms with van der Waals surface area (Å²) in [5.41, 5.74) is 1.11. The molecule has 2 atom stereocenters. The molecule has 7 heteroatoms. The van der Waals surface area contributed by atoms with Gasteiger partial charge in [-0.3, -0.25) is 4.79 Å². The van der Waals surface area contributed by atoms with Crippen molar-refractivity contribution in [1.29, 1.82) is 0 Å². The molecule has 146 valence electrons. The van der Waals surface area contributed by atoms with Gasteiger partial charge in [0.2, 0.25) is 10.0 Å². The molecule has 1 aromatic carbocycles. The topological polar surface area (TPSA) is 77.9 Å². The van der Waals surface area contributed by atoms with Crippen molar-refractivity contribution in [2.45, 2.75) is 50.0 Å². The Labute approximate surface area is 156 Å². The molecule has 1 N–H and O–H groups in total. The molecule has 1 aliphatic heterocycles. The molecular formula is C19H30N2O4S. The number of piperidine rings is 1. The summed E-state index contributed by atoms with van der Waals surface area (Å²) in [4.78, 5) is 13.3. The first-order valence-electron chi connectivity index (χ1n) is 9.11. The van der Waals surface area contributed by atoms with Crippen LogP contribution in [0.1, 0.15) is 44.6 Å². The van der Waals surface area contributed by atoms with Gasteiger partial charge < -0.3 is 10.0 Å². The van der Waals surface area contributed by atoms with Crippen LogP contribution < -0.4 is 0 Å². The Hall–Kier alpha value is -1.44. The molecule has 0 saturated carbocycles. The molecule has 0 amide bonds. The second-order valence-corrected chi connectivity index (χ2v) is 9.54. The SMILES string of the molecule is CC(C)c1ccc(S(=O)(=O)N2CC[C@H](N(C)C)[C@H](CCC(=O)O)C2)cc1. The van der Waals surface area contributed by atoms with E-state index in [1.807, 2.05) is 26.2 Å². The number of sulfonamides is 1. The highest BCUT2D eigenvalue weighted by Gasteiger charge is 2.36. The normalized spacial score (nSPS) is 22.1. The van der Waals surface area contributed by atoms with Gasteiger partial charge >= 0.3 is 5.97 Å². The fourth-order valence-corrected chi connectivity index (χ4v) is 5.16. The minimum atomic E-state index is -3.56. The average molecular weight is 383 g/mol. The van der Waals surface area contributed by atoms with Crippen LogP contribution in [0.4, 0.5) is 0 Å². The van der Waals surface area contributed by atoms with Crippen LogP contribution in [0.2, 0.25) is 0 Å². The summed E-state index contributed by atoms with van der Waals surface area (Å²) in [6.45, 7) is 4.97. The standard InChI is InChI=1S/C19H30N2O4S/c1-14(2)15-5-8-17(9-6-15)26(24,25)21-12-11-18(20(3)4)16(13-21)7-10-19(22)23/h5-6,8-9,14,16,18H,7,10-13H2,1-4H3,(H,22,23)/t16-,18+/m1/s1. The van der Waals surface area contributed by atoms with Crippen LogP contribution in [-0.4, -0.2) is 61.9 Å². The van der Waals surface area contributed by atoms with E-state index in [0.29, 0.717) is 36.7 Å². The van der Waals surface area contributed by atoms with Crippen molar-refractivity contribution < 1.29 is 18.3 Å². The summed E-state index contributed by atoms with van der Waals surface area (Å²) in [6, 6.07) is 7.28. The van der Waals surface area contributed by atoms with Crippen LogP contribution in [0, 0.1) is 5.92 Å². The highest BCUT2D eigenvalue weighted by Crippen LogP contribution is 2.29. The number of rotatable bonds is 7. The highest BCUT2D eigenvalue weighted by atomic mass is 32.2. The van der Waals surface area contributed by atoms with Crippen LogP contribution in [0.3, 0.4) is 0 Å². The number of hydrogen-bond acceptors (Lipinski definition) is 4. The summed E-state index contributed by atoms with van der Waals surface area (Å²) < 4.78 is 27.6. The van der Waals surface area contributed by atoms with E-state index in [-0.39, 0.29) is 18.4 Å². The quantitative estimate of drug-likeness (QED) is 0.784.